The molecule has 0 aliphatic heterocycles. The maximum Gasteiger partial charge on any atom is 0.0919 e. The SMILES string of the molecule is ClN(Cl)c1ccccc1.c1c[nH]cn1. The smallest absolute Gasteiger partial charge is 0.0919 e. The summed E-state index contributed by atoms with van der Waals surface area (Å²) in [5.74, 6) is 0. The Kier molecular flexibility index (Phi) is 4.89. The molecule has 0 radical (unpaired) electrons. The molecule has 0 spiro atoms. The van der Waals surface area contributed by atoms with E-state index >= 15 is 0 Å². The van der Waals surface area contributed by atoms with Gasteiger partial charge in [0.15, 0.2) is 0 Å². The number of hydrogen-bond donors (Lipinski definition) is 1. The van der Waals surface area contributed by atoms with Gasteiger partial charge >= 0.3 is 0 Å². The van der Waals surface area contributed by atoms with E-state index in [-0.39, 0.29) is 0 Å². The summed E-state index contributed by atoms with van der Waals surface area (Å²) in [5, 5.41) is 0. The van der Waals surface area contributed by atoms with Crippen LogP contribution in [0.15, 0.2) is 49.1 Å². The highest BCUT2D eigenvalue weighted by Crippen LogP contribution is 2.16. The fourth-order valence-electron chi connectivity index (χ4n) is 0.756. The maximum atomic E-state index is 5.40. The number of benzene rings is 1. The summed E-state index contributed by atoms with van der Waals surface area (Å²) < 4.78 is 1.03. The molecule has 0 saturated carbocycles. The predicted octanol–water partition coefficient (Wildman–Crippen LogP) is 3.21. The molecule has 0 amide bonds. The maximum absolute atomic E-state index is 5.40. The summed E-state index contributed by atoms with van der Waals surface area (Å²) >= 11 is 10.8. The highest BCUT2D eigenvalue weighted by Gasteiger charge is 1.93. The number of hydrogen-bond acceptors (Lipinski definition) is 2. The second-order valence-electron chi connectivity index (χ2n) is 2.33. The van der Waals surface area contributed by atoms with E-state index in [1.807, 2.05) is 30.3 Å². The molecule has 0 fully saturated rings. The molecule has 2 aromatic rings. The lowest BCUT2D eigenvalue weighted by atomic mass is 10.3. The second kappa shape index (κ2) is 6.29. The van der Waals surface area contributed by atoms with E-state index in [1.54, 1.807) is 18.7 Å². The van der Waals surface area contributed by atoms with Crippen LogP contribution in [0.1, 0.15) is 0 Å². The Balaban J connectivity index is 0.000000165. The fourth-order valence-corrected chi connectivity index (χ4v) is 0.981. The Morgan fingerprint density at radius 3 is 2.14 bits per heavy atom. The highest BCUT2D eigenvalue weighted by molar-refractivity contribution is 6.49. The zero-order valence-electron chi connectivity index (χ0n) is 7.27. The van der Waals surface area contributed by atoms with Crippen LogP contribution in [0.25, 0.3) is 0 Å². The van der Waals surface area contributed by atoms with Crippen molar-refractivity contribution < 1.29 is 0 Å². The van der Waals surface area contributed by atoms with Crippen LogP contribution in [0, 0.1) is 0 Å². The molecule has 1 aromatic heterocycles. The Morgan fingerprint density at radius 1 is 1.14 bits per heavy atom. The fraction of sp³-hybridized carbons (Fsp3) is 0. The Morgan fingerprint density at radius 2 is 1.86 bits per heavy atom. The van der Waals surface area contributed by atoms with E-state index in [0.717, 1.165) is 9.63 Å². The number of nitrogens with one attached hydrogen (secondary N) is 1. The van der Waals surface area contributed by atoms with Gasteiger partial charge < -0.3 is 4.98 Å². The first-order valence-electron chi connectivity index (χ1n) is 3.90. The van der Waals surface area contributed by atoms with Crippen LogP contribution < -0.4 is 3.94 Å². The first-order valence-corrected chi connectivity index (χ1v) is 4.58. The van der Waals surface area contributed by atoms with Gasteiger partial charge in [0.05, 0.1) is 12.0 Å². The minimum Gasteiger partial charge on any atom is -0.351 e. The van der Waals surface area contributed by atoms with E-state index in [0.29, 0.717) is 0 Å². The van der Waals surface area contributed by atoms with Gasteiger partial charge in [0.2, 0.25) is 0 Å². The number of nitrogens with zero attached hydrogens (tertiary/aromatic N) is 2. The van der Waals surface area contributed by atoms with Gasteiger partial charge in [-0.25, -0.2) is 4.98 Å². The van der Waals surface area contributed by atoms with Crippen molar-refractivity contribution in [2.24, 2.45) is 0 Å². The van der Waals surface area contributed by atoms with Crippen molar-refractivity contribution >= 4 is 29.2 Å². The number of imidazole rings is 1. The van der Waals surface area contributed by atoms with Gasteiger partial charge in [0.1, 0.15) is 0 Å². The average molecular weight is 230 g/mol. The van der Waals surface area contributed by atoms with Crippen molar-refractivity contribution in [3.63, 3.8) is 0 Å². The van der Waals surface area contributed by atoms with Crippen LogP contribution in [0.2, 0.25) is 0 Å². The molecule has 2 rings (SSSR count). The largest absolute Gasteiger partial charge is 0.351 e. The van der Waals surface area contributed by atoms with E-state index in [2.05, 4.69) is 9.97 Å². The molecule has 0 unspecified atom stereocenters. The van der Waals surface area contributed by atoms with Gasteiger partial charge in [-0.2, -0.15) is 3.94 Å². The molecule has 5 heteroatoms. The van der Waals surface area contributed by atoms with Crippen molar-refractivity contribution in [3.05, 3.63) is 49.1 Å². The lowest BCUT2D eigenvalue weighted by molar-refractivity contribution is 1.31. The second-order valence-corrected chi connectivity index (χ2v) is 3.18. The molecule has 0 atom stereocenters. The molecule has 0 bridgehead atoms. The molecule has 1 aromatic carbocycles. The molecule has 74 valence electrons. The summed E-state index contributed by atoms with van der Waals surface area (Å²) in [6.45, 7) is 0. The van der Waals surface area contributed by atoms with Crippen LogP contribution in [0.4, 0.5) is 5.69 Å². The van der Waals surface area contributed by atoms with Crippen LogP contribution in [0.5, 0.6) is 0 Å². The molecule has 1 N–H and O–H groups in total. The minimum absolute atomic E-state index is 0.779. The third-order valence-corrected chi connectivity index (χ3v) is 1.75. The molecule has 14 heavy (non-hydrogen) atoms. The summed E-state index contributed by atoms with van der Waals surface area (Å²) in [4.78, 5) is 6.42. The molecule has 0 aliphatic carbocycles. The topological polar surface area (TPSA) is 31.9 Å². The normalized spacial score (nSPS) is 8.71. The van der Waals surface area contributed by atoms with Gasteiger partial charge in [-0.05, 0) is 12.1 Å². The van der Waals surface area contributed by atoms with E-state index in [1.165, 1.54) is 0 Å². The van der Waals surface area contributed by atoms with Crippen molar-refractivity contribution in [2.45, 2.75) is 0 Å². The zero-order valence-corrected chi connectivity index (χ0v) is 8.78. The van der Waals surface area contributed by atoms with E-state index < -0.39 is 0 Å². The Labute approximate surface area is 92.5 Å². The van der Waals surface area contributed by atoms with Crippen LogP contribution in [-0.2, 0) is 0 Å². The average Bonchev–Trinajstić information content (AvgIpc) is 2.77. The number of aromatic nitrogens is 2. The molecule has 3 nitrogen and oxygen atoms in total. The van der Waals surface area contributed by atoms with Gasteiger partial charge in [-0.1, -0.05) is 18.2 Å². The minimum atomic E-state index is 0.779. The molecular weight excluding hydrogens is 221 g/mol. The monoisotopic (exact) mass is 229 g/mol. The number of para-hydroxylation sites is 1. The lowest BCUT2D eigenvalue weighted by Gasteiger charge is -2.02. The van der Waals surface area contributed by atoms with Gasteiger partial charge in [-0.3, -0.25) is 0 Å². The summed E-state index contributed by atoms with van der Waals surface area (Å²) in [5.41, 5.74) is 0.779. The number of anilines is 1. The molecule has 0 aliphatic rings. The molecule has 0 saturated heterocycles. The Bertz CT molecular complexity index is 304. The summed E-state index contributed by atoms with van der Waals surface area (Å²) in [6.07, 6.45) is 5.08. The highest BCUT2D eigenvalue weighted by atomic mass is 35.5. The van der Waals surface area contributed by atoms with Crippen LogP contribution in [0.3, 0.4) is 0 Å². The zero-order chi connectivity index (χ0) is 10.2. The summed E-state index contributed by atoms with van der Waals surface area (Å²) in [7, 11) is 0. The van der Waals surface area contributed by atoms with E-state index in [9.17, 15) is 0 Å². The molecule has 1 heterocycles. The number of halogens is 2. The van der Waals surface area contributed by atoms with Crippen molar-refractivity contribution in [3.8, 4) is 0 Å². The van der Waals surface area contributed by atoms with Crippen molar-refractivity contribution in [1.29, 1.82) is 0 Å². The lowest BCUT2D eigenvalue weighted by Crippen LogP contribution is -1.89. The Hall–Kier alpha value is -1.19. The standard InChI is InChI=1S/C6H5Cl2N.C3H4N2/c7-9(8)6-4-2-1-3-5-6;1-2-5-3-4-1/h1-5H;1-3H,(H,4,5). The molecular formula is C9H9Cl2N3. The first kappa shape index (κ1) is 10.9. The van der Waals surface area contributed by atoms with Gasteiger partial charge in [-0.15, -0.1) is 0 Å². The summed E-state index contributed by atoms with van der Waals surface area (Å²) in [6, 6.07) is 9.28. The van der Waals surface area contributed by atoms with Crippen LogP contribution >= 0.6 is 23.6 Å². The number of H-pyrrole nitrogens is 1. The number of rotatable bonds is 1. The van der Waals surface area contributed by atoms with Crippen LogP contribution in [-0.4, -0.2) is 9.97 Å². The third kappa shape index (κ3) is 4.16. The predicted molar refractivity (Wildman–Crippen MR) is 59.2 cm³/mol. The third-order valence-electron chi connectivity index (χ3n) is 1.36. The van der Waals surface area contributed by atoms with Gasteiger partial charge in [0, 0.05) is 35.9 Å². The van der Waals surface area contributed by atoms with Gasteiger partial charge in [0.25, 0.3) is 0 Å². The van der Waals surface area contributed by atoms with Crippen molar-refractivity contribution in [2.75, 3.05) is 3.94 Å². The quantitative estimate of drug-likeness (QED) is 0.762. The van der Waals surface area contributed by atoms with E-state index in [4.69, 9.17) is 23.6 Å². The first-order chi connectivity index (χ1) is 6.80. The number of aromatic amines is 1. The van der Waals surface area contributed by atoms with Crippen molar-refractivity contribution in [1.82, 2.24) is 9.97 Å².